The van der Waals surface area contributed by atoms with Crippen LogP contribution in [0.5, 0.6) is 0 Å². The third kappa shape index (κ3) is 4.89. The van der Waals surface area contributed by atoms with Crippen molar-refractivity contribution < 1.29 is 23.1 Å². The number of hydrogen-bond donors (Lipinski definition) is 3. The first-order valence-corrected chi connectivity index (χ1v) is 11.0. The molecule has 4 rings (SSSR count). The van der Waals surface area contributed by atoms with Gasteiger partial charge in [-0.1, -0.05) is 24.6 Å². The van der Waals surface area contributed by atoms with E-state index in [4.69, 9.17) is 4.98 Å². The van der Waals surface area contributed by atoms with Gasteiger partial charge in [-0.15, -0.1) is 0 Å². The topological polar surface area (TPSA) is 90.9 Å². The predicted molar refractivity (Wildman–Crippen MR) is 122 cm³/mol. The van der Waals surface area contributed by atoms with Crippen LogP contribution >= 0.6 is 0 Å². The monoisotopic (exact) mass is 470 g/mol. The van der Waals surface area contributed by atoms with Crippen LogP contribution in [0.2, 0.25) is 0 Å². The Labute approximate surface area is 194 Å². The van der Waals surface area contributed by atoms with E-state index in [2.05, 4.69) is 15.5 Å². The van der Waals surface area contributed by atoms with E-state index in [-0.39, 0.29) is 24.0 Å². The number of halogens is 3. The molecular weight excluding hydrogens is 445 g/mol. The summed E-state index contributed by atoms with van der Waals surface area (Å²) in [6.45, 7) is 4.06. The lowest BCUT2D eigenvalue weighted by Gasteiger charge is -2.23. The Bertz CT molecular complexity index is 1280. The zero-order valence-electron chi connectivity index (χ0n) is 18.8. The van der Waals surface area contributed by atoms with Gasteiger partial charge in [0.15, 0.2) is 5.65 Å². The molecule has 0 saturated carbocycles. The van der Waals surface area contributed by atoms with Crippen LogP contribution in [0.25, 0.3) is 11.0 Å². The highest BCUT2D eigenvalue weighted by Gasteiger charge is 2.31. The fourth-order valence-electron chi connectivity index (χ4n) is 4.12. The quantitative estimate of drug-likeness (QED) is 0.461. The number of rotatable bonds is 6. The number of allylic oxidation sites excluding steroid dienone is 4. The Hall–Kier alpha value is -3.46. The second kappa shape index (κ2) is 9.42. The third-order valence-electron chi connectivity index (χ3n) is 6.13. The van der Waals surface area contributed by atoms with Gasteiger partial charge in [-0.3, -0.25) is 9.89 Å². The van der Waals surface area contributed by atoms with Gasteiger partial charge in [-0.2, -0.15) is 18.3 Å². The molecule has 0 bridgehead atoms. The molecule has 34 heavy (non-hydrogen) atoms. The van der Waals surface area contributed by atoms with Gasteiger partial charge in [-0.05, 0) is 56.2 Å². The predicted octanol–water partition coefficient (Wildman–Crippen LogP) is 5.21. The molecule has 2 aromatic heterocycles. The van der Waals surface area contributed by atoms with E-state index in [0.717, 1.165) is 34.5 Å². The largest absolute Gasteiger partial charge is 0.416 e. The molecule has 1 amide bonds. The minimum absolute atomic E-state index is 0.0563. The first-order chi connectivity index (χ1) is 16.2. The summed E-state index contributed by atoms with van der Waals surface area (Å²) in [7, 11) is 0. The first-order valence-electron chi connectivity index (χ1n) is 11.0. The number of carbonyl (C=O) groups excluding carboxylic acids is 1. The summed E-state index contributed by atoms with van der Waals surface area (Å²) in [5.74, 6) is -0.594. The molecule has 3 aromatic rings. The number of amides is 1. The van der Waals surface area contributed by atoms with E-state index in [9.17, 15) is 23.1 Å². The summed E-state index contributed by atoms with van der Waals surface area (Å²) in [5.41, 5.74) is 3.01. The first kappa shape index (κ1) is 23.7. The number of alkyl halides is 3. The lowest BCUT2D eigenvalue weighted by atomic mass is 9.87. The number of fused-ring (bicyclic) bond motifs is 1. The van der Waals surface area contributed by atoms with E-state index < -0.39 is 17.6 Å². The second-order valence-electron chi connectivity index (χ2n) is 8.55. The molecular formula is C25H25F3N4O2. The molecule has 1 aliphatic rings. The summed E-state index contributed by atoms with van der Waals surface area (Å²) in [4.78, 5) is 17.3. The van der Waals surface area contributed by atoms with Gasteiger partial charge >= 0.3 is 6.18 Å². The number of hydrogen-bond acceptors (Lipinski definition) is 4. The van der Waals surface area contributed by atoms with E-state index in [1.54, 1.807) is 6.08 Å². The number of pyridine rings is 1. The lowest BCUT2D eigenvalue weighted by Crippen LogP contribution is -2.25. The summed E-state index contributed by atoms with van der Waals surface area (Å²) < 4.78 is 39.0. The van der Waals surface area contributed by atoms with Crippen molar-refractivity contribution in [2.24, 2.45) is 0 Å². The van der Waals surface area contributed by atoms with Crippen LogP contribution in [-0.2, 0) is 6.18 Å². The highest BCUT2D eigenvalue weighted by Crippen LogP contribution is 2.34. The maximum absolute atomic E-state index is 13.0. The molecule has 6 nitrogen and oxygen atoms in total. The number of H-pyrrole nitrogens is 1. The highest BCUT2D eigenvalue weighted by atomic mass is 19.4. The van der Waals surface area contributed by atoms with Crippen molar-refractivity contribution in [2.75, 3.05) is 6.61 Å². The standard InChI is InChI=1S/C25H25F3N4O2/c1-14-6-7-18(29-24(34)16-4-3-5-17(12-16)25(26,27)28)13-20(14)21-9-8-19-22(15(2)10-11-33)31-32-23(19)30-21/h3-9,12,15,20,33H,10-11,13H2,1-2H3,(H,29,34)(H,30,31,32). The van der Waals surface area contributed by atoms with Crippen LogP contribution in [0.4, 0.5) is 13.2 Å². The van der Waals surface area contributed by atoms with Crippen molar-refractivity contribution in [3.63, 3.8) is 0 Å². The van der Waals surface area contributed by atoms with Crippen LogP contribution in [0.1, 0.15) is 65.8 Å². The average Bonchev–Trinajstić information content (AvgIpc) is 3.23. The zero-order chi connectivity index (χ0) is 24.5. The molecule has 1 aliphatic carbocycles. The third-order valence-corrected chi connectivity index (χ3v) is 6.13. The fourth-order valence-corrected chi connectivity index (χ4v) is 4.12. The molecule has 0 spiro atoms. The molecule has 2 atom stereocenters. The van der Waals surface area contributed by atoms with Gasteiger partial charge in [-0.25, -0.2) is 4.98 Å². The lowest BCUT2D eigenvalue weighted by molar-refractivity contribution is -0.137. The van der Waals surface area contributed by atoms with E-state index in [1.807, 2.05) is 32.1 Å². The maximum Gasteiger partial charge on any atom is 0.416 e. The average molecular weight is 470 g/mol. The number of benzene rings is 1. The number of aromatic amines is 1. The van der Waals surface area contributed by atoms with Crippen LogP contribution in [0.3, 0.4) is 0 Å². The summed E-state index contributed by atoms with van der Waals surface area (Å²) in [5, 5.41) is 20.2. The number of carbonyl (C=O) groups is 1. The Morgan fingerprint density at radius 3 is 2.79 bits per heavy atom. The molecule has 0 radical (unpaired) electrons. The second-order valence-corrected chi connectivity index (χ2v) is 8.55. The van der Waals surface area contributed by atoms with Crippen molar-refractivity contribution in [3.05, 3.63) is 82.3 Å². The Balaban J connectivity index is 1.52. The van der Waals surface area contributed by atoms with E-state index in [0.29, 0.717) is 24.2 Å². The van der Waals surface area contributed by atoms with Gasteiger partial charge in [0, 0.05) is 40.8 Å². The van der Waals surface area contributed by atoms with Crippen molar-refractivity contribution in [3.8, 4) is 0 Å². The molecule has 2 unspecified atom stereocenters. The summed E-state index contributed by atoms with van der Waals surface area (Å²) in [6, 6.07) is 8.24. The minimum atomic E-state index is -4.52. The van der Waals surface area contributed by atoms with Crippen molar-refractivity contribution >= 4 is 16.9 Å². The molecule has 1 aromatic carbocycles. The van der Waals surface area contributed by atoms with Gasteiger partial charge in [0.1, 0.15) is 0 Å². The fraction of sp³-hybridized carbons (Fsp3) is 0.320. The van der Waals surface area contributed by atoms with Crippen LogP contribution in [-0.4, -0.2) is 32.8 Å². The molecule has 9 heteroatoms. The molecule has 0 aliphatic heterocycles. The van der Waals surface area contributed by atoms with Gasteiger partial charge in [0.2, 0.25) is 0 Å². The number of nitrogens with zero attached hydrogens (tertiary/aromatic N) is 2. The Morgan fingerprint density at radius 1 is 1.26 bits per heavy atom. The highest BCUT2D eigenvalue weighted by molar-refractivity contribution is 5.95. The molecule has 2 heterocycles. The van der Waals surface area contributed by atoms with Gasteiger partial charge in [0.05, 0.1) is 11.3 Å². The Kier molecular flexibility index (Phi) is 6.56. The van der Waals surface area contributed by atoms with Crippen molar-refractivity contribution in [1.29, 1.82) is 0 Å². The minimum Gasteiger partial charge on any atom is -0.396 e. The number of aliphatic hydroxyl groups excluding tert-OH is 1. The number of aromatic nitrogens is 3. The van der Waals surface area contributed by atoms with Crippen LogP contribution < -0.4 is 5.32 Å². The summed E-state index contributed by atoms with van der Waals surface area (Å²) in [6.07, 6.45) is 0.185. The van der Waals surface area contributed by atoms with Crippen molar-refractivity contribution in [1.82, 2.24) is 20.5 Å². The molecule has 3 N–H and O–H groups in total. The molecule has 0 saturated heterocycles. The molecule has 0 fully saturated rings. The molecule has 178 valence electrons. The number of aliphatic hydroxyl groups is 1. The maximum atomic E-state index is 13.0. The van der Waals surface area contributed by atoms with E-state index in [1.165, 1.54) is 12.1 Å². The van der Waals surface area contributed by atoms with Gasteiger partial charge in [0.25, 0.3) is 5.91 Å². The van der Waals surface area contributed by atoms with Gasteiger partial charge < -0.3 is 10.4 Å². The van der Waals surface area contributed by atoms with Crippen LogP contribution in [0, 0.1) is 0 Å². The zero-order valence-corrected chi connectivity index (χ0v) is 18.8. The number of nitrogens with one attached hydrogen (secondary N) is 2. The SMILES string of the molecule is CC1=CC=C(NC(=O)c2cccc(C(F)(F)F)c2)CC1c1ccc2c(C(C)CCO)[nH]nc2n1. The van der Waals surface area contributed by atoms with Crippen LogP contribution in [0.15, 0.2) is 59.8 Å². The van der Waals surface area contributed by atoms with Crippen molar-refractivity contribution in [2.45, 2.75) is 44.7 Å². The van der Waals surface area contributed by atoms with E-state index >= 15 is 0 Å². The normalized spacial score (nSPS) is 17.3. The summed E-state index contributed by atoms with van der Waals surface area (Å²) >= 11 is 0. The Morgan fingerprint density at radius 2 is 2.06 bits per heavy atom. The smallest absolute Gasteiger partial charge is 0.396 e.